The summed E-state index contributed by atoms with van der Waals surface area (Å²) in [5.41, 5.74) is 2.52. The maximum atomic E-state index is 12.9. The fourth-order valence-electron chi connectivity index (χ4n) is 3.14. The highest BCUT2D eigenvalue weighted by Crippen LogP contribution is 2.21. The van der Waals surface area contributed by atoms with E-state index in [9.17, 15) is 9.59 Å². The number of amides is 1. The van der Waals surface area contributed by atoms with E-state index in [2.05, 4.69) is 19.2 Å². The summed E-state index contributed by atoms with van der Waals surface area (Å²) in [6.07, 6.45) is -0.749. The Morgan fingerprint density at radius 2 is 1.72 bits per heavy atom. The van der Waals surface area contributed by atoms with Crippen LogP contribution in [0.5, 0.6) is 5.75 Å². The number of aromatic nitrogens is 2. The maximum Gasteiger partial charge on any atom is 0.295 e. The third kappa shape index (κ3) is 4.26. The number of rotatable bonds is 6. The number of para-hydroxylation sites is 1. The largest absolute Gasteiger partial charge is 0.481 e. The molecule has 1 N–H and O–H groups in total. The number of nitrogens with zero attached hydrogens (tertiary/aromatic N) is 2. The van der Waals surface area contributed by atoms with Gasteiger partial charge in [0.15, 0.2) is 6.10 Å². The van der Waals surface area contributed by atoms with E-state index in [1.54, 1.807) is 25.6 Å². The van der Waals surface area contributed by atoms with Gasteiger partial charge in [-0.1, -0.05) is 44.2 Å². The number of hydrogen-bond donors (Lipinski definition) is 1. The van der Waals surface area contributed by atoms with Gasteiger partial charge in [0.25, 0.3) is 11.5 Å². The van der Waals surface area contributed by atoms with Gasteiger partial charge in [-0.15, -0.1) is 0 Å². The molecule has 1 aromatic heterocycles. The lowest BCUT2D eigenvalue weighted by molar-refractivity contribution is -0.122. The summed E-state index contributed by atoms with van der Waals surface area (Å²) in [5.74, 6) is 0.627. The maximum absolute atomic E-state index is 12.9. The van der Waals surface area contributed by atoms with Crippen LogP contribution in [0, 0.1) is 6.92 Å². The van der Waals surface area contributed by atoms with Gasteiger partial charge in [-0.05, 0) is 49.6 Å². The van der Waals surface area contributed by atoms with Crippen molar-refractivity contribution in [3.05, 3.63) is 76.2 Å². The van der Waals surface area contributed by atoms with Crippen molar-refractivity contribution >= 4 is 11.6 Å². The summed E-state index contributed by atoms with van der Waals surface area (Å²) in [6, 6.07) is 17.0. The first kappa shape index (κ1) is 20.5. The fourth-order valence-corrected chi connectivity index (χ4v) is 3.14. The number of hydrogen-bond acceptors (Lipinski definition) is 3. The Bertz CT molecular complexity index is 1060. The summed E-state index contributed by atoms with van der Waals surface area (Å²) in [6.45, 7) is 7.68. The van der Waals surface area contributed by atoms with Crippen LogP contribution in [0.3, 0.4) is 0 Å². The molecule has 3 aromatic rings. The average molecular weight is 393 g/mol. The smallest absolute Gasteiger partial charge is 0.295 e. The lowest BCUT2D eigenvalue weighted by Crippen LogP contribution is -2.32. The van der Waals surface area contributed by atoms with Crippen LogP contribution in [-0.2, 0) is 11.8 Å². The van der Waals surface area contributed by atoms with Gasteiger partial charge in [0, 0.05) is 7.05 Å². The third-order valence-corrected chi connectivity index (χ3v) is 5.01. The van der Waals surface area contributed by atoms with E-state index in [1.165, 1.54) is 4.68 Å². The second-order valence-corrected chi connectivity index (χ2v) is 7.41. The van der Waals surface area contributed by atoms with Crippen LogP contribution in [-0.4, -0.2) is 21.4 Å². The molecule has 1 unspecified atom stereocenters. The van der Waals surface area contributed by atoms with Gasteiger partial charge in [0.1, 0.15) is 11.4 Å². The molecular weight excluding hydrogens is 366 g/mol. The van der Waals surface area contributed by atoms with E-state index in [-0.39, 0.29) is 17.2 Å². The quantitative estimate of drug-likeness (QED) is 0.688. The van der Waals surface area contributed by atoms with Crippen molar-refractivity contribution in [2.45, 2.75) is 39.7 Å². The monoisotopic (exact) mass is 393 g/mol. The fraction of sp³-hybridized carbons (Fsp3) is 0.304. The second-order valence-electron chi connectivity index (χ2n) is 7.41. The van der Waals surface area contributed by atoms with Crippen molar-refractivity contribution in [2.24, 2.45) is 7.05 Å². The number of carbonyl (C=O) groups excluding carboxylic acids is 1. The minimum absolute atomic E-state index is 0.257. The molecular formula is C23H27N3O3. The first-order chi connectivity index (χ1) is 13.8. The highest BCUT2D eigenvalue weighted by atomic mass is 16.5. The Morgan fingerprint density at radius 1 is 1.03 bits per heavy atom. The van der Waals surface area contributed by atoms with E-state index in [1.807, 2.05) is 54.6 Å². The summed E-state index contributed by atoms with van der Waals surface area (Å²) < 4.78 is 9.07. The molecule has 1 heterocycles. The van der Waals surface area contributed by atoms with Crippen LogP contribution in [0.1, 0.15) is 37.9 Å². The van der Waals surface area contributed by atoms with Crippen molar-refractivity contribution in [1.29, 1.82) is 0 Å². The van der Waals surface area contributed by atoms with Gasteiger partial charge < -0.3 is 10.1 Å². The highest BCUT2D eigenvalue weighted by Gasteiger charge is 2.22. The van der Waals surface area contributed by atoms with Crippen molar-refractivity contribution < 1.29 is 9.53 Å². The zero-order valence-corrected chi connectivity index (χ0v) is 17.5. The number of nitrogens with one attached hydrogen (secondary N) is 1. The Balaban J connectivity index is 1.80. The van der Waals surface area contributed by atoms with Crippen molar-refractivity contribution in [3.63, 3.8) is 0 Å². The third-order valence-electron chi connectivity index (χ3n) is 5.01. The minimum Gasteiger partial charge on any atom is -0.481 e. The van der Waals surface area contributed by atoms with Crippen LogP contribution in [0.15, 0.2) is 59.4 Å². The first-order valence-corrected chi connectivity index (χ1v) is 9.71. The Hall–Kier alpha value is -3.28. The van der Waals surface area contributed by atoms with Gasteiger partial charge in [-0.3, -0.25) is 14.3 Å². The molecule has 1 atom stereocenters. The van der Waals surface area contributed by atoms with Crippen LogP contribution >= 0.6 is 0 Å². The van der Waals surface area contributed by atoms with E-state index < -0.39 is 6.10 Å². The molecule has 29 heavy (non-hydrogen) atoms. The summed E-state index contributed by atoms with van der Waals surface area (Å²) in [7, 11) is 1.79. The zero-order chi connectivity index (χ0) is 21.1. The summed E-state index contributed by atoms with van der Waals surface area (Å²) in [5, 5.41) is 2.75. The van der Waals surface area contributed by atoms with E-state index in [0.717, 1.165) is 11.3 Å². The van der Waals surface area contributed by atoms with Gasteiger partial charge >= 0.3 is 0 Å². The molecule has 0 aliphatic heterocycles. The second kappa shape index (κ2) is 8.39. The standard InChI is InChI=1S/C23H27N3O3/c1-15(2)18-10-9-13-20(14-18)29-17(4)22(27)24-21-16(3)25(5)26(23(21)28)19-11-7-6-8-12-19/h6-15,17H,1-5H3,(H,24,27). The van der Waals surface area contributed by atoms with E-state index in [4.69, 9.17) is 4.74 Å². The molecule has 0 saturated carbocycles. The molecule has 0 fully saturated rings. The van der Waals surface area contributed by atoms with Gasteiger partial charge in [-0.25, -0.2) is 4.68 Å². The number of ether oxygens (including phenoxy) is 1. The molecule has 0 saturated heterocycles. The van der Waals surface area contributed by atoms with E-state index >= 15 is 0 Å². The summed E-state index contributed by atoms with van der Waals surface area (Å²) >= 11 is 0. The number of anilines is 1. The zero-order valence-electron chi connectivity index (χ0n) is 17.5. The molecule has 0 spiro atoms. The SMILES string of the molecule is Cc1c(NC(=O)C(C)Oc2cccc(C(C)C)c2)c(=O)n(-c2ccccc2)n1C. The minimum atomic E-state index is -0.749. The van der Waals surface area contributed by atoms with Gasteiger partial charge in [-0.2, -0.15) is 0 Å². The molecule has 6 heteroatoms. The molecule has 0 aliphatic carbocycles. The lowest BCUT2D eigenvalue weighted by Gasteiger charge is -2.15. The molecule has 3 rings (SSSR count). The molecule has 0 radical (unpaired) electrons. The molecule has 0 bridgehead atoms. The Morgan fingerprint density at radius 3 is 2.38 bits per heavy atom. The first-order valence-electron chi connectivity index (χ1n) is 9.71. The van der Waals surface area contributed by atoms with Gasteiger partial charge in [0.2, 0.25) is 0 Å². The number of carbonyl (C=O) groups is 1. The normalized spacial score (nSPS) is 12.1. The van der Waals surface area contributed by atoms with Crippen LogP contribution in [0.2, 0.25) is 0 Å². The van der Waals surface area contributed by atoms with Crippen molar-refractivity contribution in [3.8, 4) is 11.4 Å². The summed E-state index contributed by atoms with van der Waals surface area (Å²) in [4.78, 5) is 25.6. The molecule has 2 aromatic carbocycles. The molecule has 152 valence electrons. The predicted octanol–water partition coefficient (Wildman–Crippen LogP) is 4.01. The average Bonchev–Trinajstić information content (AvgIpc) is 2.92. The Kier molecular flexibility index (Phi) is 5.92. The predicted molar refractivity (Wildman–Crippen MR) is 115 cm³/mol. The van der Waals surface area contributed by atoms with Crippen molar-refractivity contribution in [1.82, 2.24) is 9.36 Å². The van der Waals surface area contributed by atoms with E-state index in [0.29, 0.717) is 17.4 Å². The van der Waals surface area contributed by atoms with Crippen LogP contribution < -0.4 is 15.6 Å². The lowest BCUT2D eigenvalue weighted by atomic mass is 10.0. The highest BCUT2D eigenvalue weighted by molar-refractivity contribution is 5.94. The van der Waals surface area contributed by atoms with Gasteiger partial charge in [0.05, 0.1) is 11.4 Å². The van der Waals surface area contributed by atoms with Crippen molar-refractivity contribution in [2.75, 3.05) is 5.32 Å². The number of benzene rings is 2. The van der Waals surface area contributed by atoms with Crippen LogP contribution in [0.25, 0.3) is 5.69 Å². The van der Waals surface area contributed by atoms with Crippen LogP contribution in [0.4, 0.5) is 5.69 Å². The molecule has 1 amide bonds. The molecule has 6 nitrogen and oxygen atoms in total. The Labute approximate surface area is 170 Å². The molecule has 0 aliphatic rings. The topological polar surface area (TPSA) is 65.3 Å².